The number of rotatable bonds is 1. The number of nitrogens with zero attached hydrogens (tertiary/aromatic N) is 3. The van der Waals surface area contributed by atoms with Gasteiger partial charge in [0.1, 0.15) is 0 Å². The number of aromatic nitrogens is 1. The van der Waals surface area contributed by atoms with E-state index in [0.717, 1.165) is 12.6 Å². The van der Waals surface area contributed by atoms with Crippen LogP contribution in [0.15, 0.2) is 24.5 Å². The Morgan fingerprint density at radius 2 is 1.94 bits per heavy atom. The standard InChI is InChI=1S/C12H17N3.BrH/c1-2-12(10-13-5-1)15-9-8-14-6-3-11(15)4-7-14;/h1-2,5,10-11H,3-4,6-9H2;1H. The largest absolute Gasteiger partial charge is 0.366 e. The van der Waals surface area contributed by atoms with Crippen molar-refractivity contribution in [3.63, 3.8) is 0 Å². The van der Waals surface area contributed by atoms with Crippen LogP contribution >= 0.6 is 17.0 Å². The van der Waals surface area contributed by atoms with E-state index in [1.54, 1.807) is 0 Å². The zero-order chi connectivity index (χ0) is 10.1. The summed E-state index contributed by atoms with van der Waals surface area (Å²) < 4.78 is 0. The second-order valence-electron chi connectivity index (χ2n) is 4.48. The van der Waals surface area contributed by atoms with Gasteiger partial charge in [0, 0.05) is 38.4 Å². The molecule has 3 aliphatic rings. The monoisotopic (exact) mass is 283 g/mol. The van der Waals surface area contributed by atoms with Gasteiger partial charge in [-0.2, -0.15) is 0 Å². The fourth-order valence-electron chi connectivity index (χ4n) is 2.75. The Labute approximate surface area is 107 Å². The van der Waals surface area contributed by atoms with Crippen LogP contribution in [0.5, 0.6) is 0 Å². The zero-order valence-corrected chi connectivity index (χ0v) is 11.1. The predicted octanol–water partition coefficient (Wildman–Crippen LogP) is 1.94. The van der Waals surface area contributed by atoms with E-state index >= 15 is 0 Å². The number of anilines is 1. The van der Waals surface area contributed by atoms with Crippen molar-refractivity contribution in [2.24, 2.45) is 0 Å². The Morgan fingerprint density at radius 3 is 2.62 bits per heavy atom. The lowest BCUT2D eigenvalue weighted by molar-refractivity contribution is 0.250. The van der Waals surface area contributed by atoms with E-state index in [2.05, 4.69) is 20.9 Å². The van der Waals surface area contributed by atoms with E-state index in [0.29, 0.717) is 0 Å². The topological polar surface area (TPSA) is 19.4 Å². The molecule has 1 aromatic heterocycles. The third-order valence-corrected chi connectivity index (χ3v) is 3.63. The van der Waals surface area contributed by atoms with Gasteiger partial charge in [0.2, 0.25) is 0 Å². The number of pyridine rings is 1. The van der Waals surface area contributed by atoms with Crippen molar-refractivity contribution in [1.29, 1.82) is 0 Å². The van der Waals surface area contributed by atoms with Gasteiger partial charge in [-0.05, 0) is 25.0 Å². The van der Waals surface area contributed by atoms with Crippen LogP contribution in [0.25, 0.3) is 0 Å². The van der Waals surface area contributed by atoms with Gasteiger partial charge in [0.05, 0.1) is 11.9 Å². The molecule has 3 fully saturated rings. The molecule has 0 radical (unpaired) electrons. The van der Waals surface area contributed by atoms with Crippen LogP contribution in [0.3, 0.4) is 0 Å². The third kappa shape index (κ3) is 2.23. The Morgan fingerprint density at radius 1 is 1.12 bits per heavy atom. The number of halogens is 1. The maximum Gasteiger partial charge on any atom is 0.0555 e. The van der Waals surface area contributed by atoms with Crippen LogP contribution in [0.1, 0.15) is 12.8 Å². The first-order valence-corrected chi connectivity index (χ1v) is 5.82. The van der Waals surface area contributed by atoms with E-state index in [1.165, 1.54) is 38.2 Å². The molecule has 4 heteroatoms. The summed E-state index contributed by atoms with van der Waals surface area (Å²) in [6.07, 6.45) is 6.47. The van der Waals surface area contributed by atoms with Crippen molar-refractivity contribution >= 4 is 22.7 Å². The highest BCUT2D eigenvalue weighted by molar-refractivity contribution is 8.93. The van der Waals surface area contributed by atoms with Crippen molar-refractivity contribution < 1.29 is 0 Å². The van der Waals surface area contributed by atoms with E-state index < -0.39 is 0 Å². The van der Waals surface area contributed by atoms with Gasteiger partial charge in [0.15, 0.2) is 0 Å². The van der Waals surface area contributed by atoms with Gasteiger partial charge in [-0.1, -0.05) is 0 Å². The molecule has 1 aromatic rings. The van der Waals surface area contributed by atoms with Crippen molar-refractivity contribution in [1.82, 2.24) is 9.88 Å². The van der Waals surface area contributed by atoms with E-state index in [4.69, 9.17) is 0 Å². The van der Waals surface area contributed by atoms with Crippen molar-refractivity contribution in [3.05, 3.63) is 24.5 Å². The van der Waals surface area contributed by atoms with Crippen molar-refractivity contribution in [2.45, 2.75) is 18.9 Å². The first-order chi connectivity index (χ1) is 7.43. The molecule has 3 nitrogen and oxygen atoms in total. The average Bonchev–Trinajstić information content (AvgIpc) is 2.63. The summed E-state index contributed by atoms with van der Waals surface area (Å²) in [6, 6.07) is 4.96. The predicted molar refractivity (Wildman–Crippen MR) is 71.4 cm³/mol. The summed E-state index contributed by atoms with van der Waals surface area (Å²) in [5.74, 6) is 0. The molecule has 0 aliphatic carbocycles. The third-order valence-electron chi connectivity index (χ3n) is 3.63. The highest BCUT2D eigenvalue weighted by Gasteiger charge is 2.28. The molecule has 4 heterocycles. The van der Waals surface area contributed by atoms with Crippen LogP contribution in [-0.2, 0) is 0 Å². The lowest BCUT2D eigenvalue weighted by Gasteiger charge is -2.32. The van der Waals surface area contributed by atoms with Gasteiger partial charge >= 0.3 is 0 Å². The first kappa shape index (κ1) is 11.9. The van der Waals surface area contributed by atoms with Gasteiger partial charge in [-0.25, -0.2) is 0 Å². The molecular weight excluding hydrogens is 266 g/mol. The molecular formula is C12H18BrN3. The Balaban J connectivity index is 0.000000963. The normalized spacial score (nSPS) is 28.4. The number of hydrogen-bond acceptors (Lipinski definition) is 3. The average molecular weight is 284 g/mol. The summed E-state index contributed by atoms with van der Waals surface area (Å²) in [7, 11) is 0. The minimum atomic E-state index is 0. The van der Waals surface area contributed by atoms with E-state index in [9.17, 15) is 0 Å². The van der Waals surface area contributed by atoms with Crippen LogP contribution in [0, 0.1) is 0 Å². The smallest absolute Gasteiger partial charge is 0.0555 e. The highest BCUT2D eigenvalue weighted by atomic mass is 79.9. The molecule has 0 saturated carbocycles. The number of hydrogen-bond donors (Lipinski definition) is 0. The minimum absolute atomic E-state index is 0. The molecule has 0 spiro atoms. The van der Waals surface area contributed by atoms with E-state index in [-0.39, 0.29) is 17.0 Å². The molecule has 4 rings (SSSR count). The molecule has 0 atom stereocenters. The SMILES string of the molecule is Br.c1cncc(N2CCN3CCC2CC3)c1. The lowest BCUT2D eigenvalue weighted by atomic mass is 10.0. The summed E-state index contributed by atoms with van der Waals surface area (Å²) >= 11 is 0. The summed E-state index contributed by atoms with van der Waals surface area (Å²) in [5.41, 5.74) is 1.30. The van der Waals surface area contributed by atoms with Gasteiger partial charge < -0.3 is 9.80 Å². The molecule has 0 N–H and O–H groups in total. The van der Waals surface area contributed by atoms with Gasteiger partial charge in [-0.3, -0.25) is 4.98 Å². The quantitative estimate of drug-likeness (QED) is 0.785. The summed E-state index contributed by atoms with van der Waals surface area (Å²) in [5, 5.41) is 0. The Kier molecular flexibility index (Phi) is 3.82. The molecule has 0 unspecified atom stereocenters. The molecule has 88 valence electrons. The van der Waals surface area contributed by atoms with Crippen LogP contribution < -0.4 is 4.90 Å². The van der Waals surface area contributed by atoms with Crippen LogP contribution in [0.2, 0.25) is 0 Å². The van der Waals surface area contributed by atoms with E-state index in [1.807, 2.05) is 18.5 Å². The molecule has 0 amide bonds. The maximum atomic E-state index is 4.22. The maximum absolute atomic E-state index is 4.22. The first-order valence-electron chi connectivity index (χ1n) is 5.82. The number of piperidine rings is 1. The lowest BCUT2D eigenvalue weighted by Crippen LogP contribution is -2.37. The van der Waals surface area contributed by atoms with Gasteiger partial charge in [-0.15, -0.1) is 17.0 Å². The molecule has 3 saturated heterocycles. The number of fused-ring (bicyclic) bond motifs is 4. The summed E-state index contributed by atoms with van der Waals surface area (Å²) in [6.45, 7) is 4.94. The second kappa shape index (κ2) is 5.15. The Hall–Kier alpha value is -0.610. The van der Waals surface area contributed by atoms with Crippen molar-refractivity contribution in [3.8, 4) is 0 Å². The second-order valence-corrected chi connectivity index (χ2v) is 4.48. The molecule has 16 heavy (non-hydrogen) atoms. The molecule has 2 bridgehead atoms. The van der Waals surface area contributed by atoms with Crippen LogP contribution in [-0.4, -0.2) is 42.1 Å². The highest BCUT2D eigenvalue weighted by Crippen LogP contribution is 2.25. The fraction of sp³-hybridized carbons (Fsp3) is 0.583. The molecule has 3 aliphatic heterocycles. The van der Waals surface area contributed by atoms with Gasteiger partial charge in [0.25, 0.3) is 0 Å². The fourth-order valence-corrected chi connectivity index (χ4v) is 2.75. The van der Waals surface area contributed by atoms with Crippen molar-refractivity contribution in [2.75, 3.05) is 31.1 Å². The summed E-state index contributed by atoms with van der Waals surface area (Å²) in [4.78, 5) is 9.34. The minimum Gasteiger partial charge on any atom is -0.366 e. The molecule has 0 aromatic carbocycles. The zero-order valence-electron chi connectivity index (χ0n) is 9.38. The van der Waals surface area contributed by atoms with Crippen LogP contribution in [0.4, 0.5) is 5.69 Å². The Bertz CT molecular complexity index is 322.